The molecule has 3 aromatic heterocycles. The highest BCUT2D eigenvalue weighted by molar-refractivity contribution is 7.89. The van der Waals surface area contributed by atoms with Crippen LogP contribution in [0.2, 0.25) is 0 Å². The van der Waals surface area contributed by atoms with Crippen molar-refractivity contribution in [2.45, 2.75) is 43.3 Å². The number of amides is 2. The summed E-state index contributed by atoms with van der Waals surface area (Å²) in [6.45, 7) is 3.70. The fourth-order valence-electron chi connectivity index (χ4n) is 6.85. The van der Waals surface area contributed by atoms with Crippen molar-refractivity contribution < 1.29 is 23.1 Å². The number of hydrogen-bond donors (Lipinski definition) is 4. The second kappa shape index (κ2) is 17.7. The van der Waals surface area contributed by atoms with Gasteiger partial charge in [-0.1, -0.05) is 92.7 Å². The summed E-state index contributed by atoms with van der Waals surface area (Å²) in [6, 6.07) is 34.5. The number of benzene rings is 4. The van der Waals surface area contributed by atoms with E-state index in [1.54, 1.807) is 60.2 Å². The molecular weight excluding hydrogens is 777 g/mol. The van der Waals surface area contributed by atoms with E-state index in [0.717, 1.165) is 31.8 Å². The molecule has 7 rings (SSSR count). The number of carbonyl (C=O) groups excluding carboxylic acids is 2. The van der Waals surface area contributed by atoms with Crippen molar-refractivity contribution in [1.82, 2.24) is 30.1 Å². The number of nitrogens with one attached hydrogen (secondary N) is 3. The topological polar surface area (TPSA) is 157 Å². The molecule has 0 aliphatic heterocycles. The third-order valence-corrected chi connectivity index (χ3v) is 13.4. The Balaban J connectivity index is 1.19. The van der Waals surface area contributed by atoms with Gasteiger partial charge in [0, 0.05) is 45.1 Å². The molecule has 0 bridgehead atoms. The molecule has 2 amide bonds. The van der Waals surface area contributed by atoms with Crippen LogP contribution in [0.25, 0.3) is 21.5 Å². The number of carbonyl (C=O) groups is 2. The number of fused-ring (bicyclic) bond motifs is 1. The van der Waals surface area contributed by atoms with E-state index in [9.17, 15) is 23.1 Å². The van der Waals surface area contributed by atoms with Crippen LogP contribution in [-0.4, -0.2) is 64.0 Å². The number of thiophene rings is 1. The van der Waals surface area contributed by atoms with Crippen LogP contribution in [0, 0.1) is 5.92 Å². The molecule has 0 aliphatic rings. The fraction of sp³-hybridized carbons (Fsp3) is 0.209. The van der Waals surface area contributed by atoms with Gasteiger partial charge in [0.25, 0.3) is 5.91 Å². The monoisotopic (exact) mass is 818 g/mol. The summed E-state index contributed by atoms with van der Waals surface area (Å²) in [4.78, 5) is 34.1. The van der Waals surface area contributed by atoms with Gasteiger partial charge in [0.1, 0.15) is 6.04 Å². The van der Waals surface area contributed by atoms with Crippen LogP contribution in [0.1, 0.15) is 57.0 Å². The highest BCUT2D eigenvalue weighted by Gasteiger charge is 2.36. The molecule has 57 heavy (non-hydrogen) atoms. The van der Waals surface area contributed by atoms with Crippen LogP contribution in [0.3, 0.4) is 0 Å². The molecule has 3 unspecified atom stereocenters. The Hall–Kier alpha value is -5.51. The molecule has 292 valence electrons. The van der Waals surface area contributed by atoms with Crippen LogP contribution < -0.4 is 10.6 Å². The molecule has 0 radical (unpaired) electrons. The number of aliphatic hydroxyl groups excluding tert-OH is 1. The summed E-state index contributed by atoms with van der Waals surface area (Å²) >= 11 is 2.68. The van der Waals surface area contributed by atoms with Gasteiger partial charge in [-0.3, -0.25) is 14.7 Å². The molecule has 3 atom stereocenters. The predicted octanol–water partition coefficient (Wildman–Crippen LogP) is 7.38. The second-order valence-electron chi connectivity index (χ2n) is 13.9. The van der Waals surface area contributed by atoms with E-state index in [1.165, 1.54) is 27.0 Å². The lowest BCUT2D eigenvalue weighted by molar-refractivity contribution is -0.123. The molecule has 4 aromatic carbocycles. The minimum absolute atomic E-state index is 0.0297. The first kappa shape index (κ1) is 39.7. The van der Waals surface area contributed by atoms with Crippen molar-refractivity contribution in [3.63, 3.8) is 0 Å². The number of aromatic nitrogens is 3. The van der Waals surface area contributed by atoms with Crippen LogP contribution in [0.15, 0.2) is 138 Å². The number of sulfonamides is 1. The standard InChI is InChI=1S/C43H42N6O5S3/c1-28(2)25-49(57(53,54)33-19-20-35-38(22-33)55-27-45-35)36(26-50)37-21-18-32(56-37)23-44-43(52)41(47-42(51)31-16-10-5-11-17-31)39(29-12-6-3-7-13-29)34-24-46-48-40(34)30-14-8-4-9-15-30/h3-22,24,27-28,36,39,41,50H,23,25-26H2,1-2H3,(H,44,52)(H,46,48)(H,47,51). The second-order valence-corrected chi connectivity index (χ2v) is 17.9. The predicted molar refractivity (Wildman–Crippen MR) is 224 cm³/mol. The van der Waals surface area contributed by atoms with E-state index >= 15 is 0 Å². The van der Waals surface area contributed by atoms with E-state index in [0.29, 0.717) is 16.1 Å². The number of aromatic amines is 1. The van der Waals surface area contributed by atoms with Crippen LogP contribution >= 0.6 is 22.7 Å². The molecule has 3 heterocycles. The molecule has 7 aromatic rings. The van der Waals surface area contributed by atoms with Gasteiger partial charge in [0.05, 0.1) is 45.5 Å². The highest BCUT2D eigenvalue weighted by atomic mass is 32.2. The SMILES string of the molecule is CC(C)CN(C(CO)c1ccc(CNC(=O)C(NC(=O)c2ccccc2)C(c2ccccc2)c2c[nH]nc2-c2ccccc2)s1)S(=O)(=O)c1ccc2ncsc2c1. The summed E-state index contributed by atoms with van der Waals surface area (Å²) in [5, 5.41) is 24.4. The molecule has 0 saturated heterocycles. The van der Waals surface area contributed by atoms with E-state index < -0.39 is 46.4 Å². The Bertz CT molecular complexity index is 2540. The van der Waals surface area contributed by atoms with Gasteiger partial charge in [0.15, 0.2) is 0 Å². The maximum Gasteiger partial charge on any atom is 0.251 e. The summed E-state index contributed by atoms with van der Waals surface area (Å²) in [5.41, 5.74) is 5.84. The zero-order valence-corrected chi connectivity index (χ0v) is 33.7. The first-order chi connectivity index (χ1) is 27.6. The van der Waals surface area contributed by atoms with Crippen LogP contribution in [0.4, 0.5) is 0 Å². The third-order valence-electron chi connectivity index (χ3n) is 9.57. The molecule has 0 fully saturated rings. The van der Waals surface area contributed by atoms with Gasteiger partial charge in [-0.05, 0) is 53.9 Å². The van der Waals surface area contributed by atoms with Gasteiger partial charge >= 0.3 is 0 Å². The van der Waals surface area contributed by atoms with Crippen molar-refractivity contribution in [3.8, 4) is 11.3 Å². The van der Waals surface area contributed by atoms with Crippen LogP contribution in [0.5, 0.6) is 0 Å². The number of aliphatic hydroxyl groups is 1. The first-order valence-electron chi connectivity index (χ1n) is 18.5. The molecule has 14 heteroatoms. The molecule has 0 saturated carbocycles. The van der Waals surface area contributed by atoms with Crippen molar-refractivity contribution in [2.24, 2.45) is 5.92 Å². The van der Waals surface area contributed by atoms with Crippen molar-refractivity contribution in [1.29, 1.82) is 0 Å². The zero-order valence-electron chi connectivity index (χ0n) is 31.3. The molecule has 0 aliphatic carbocycles. The van der Waals surface area contributed by atoms with Gasteiger partial charge in [-0.25, -0.2) is 13.4 Å². The highest BCUT2D eigenvalue weighted by Crippen LogP contribution is 2.36. The molecule has 11 nitrogen and oxygen atoms in total. The van der Waals surface area contributed by atoms with E-state index in [4.69, 9.17) is 0 Å². The molecular formula is C43H42N6O5S3. The lowest BCUT2D eigenvalue weighted by Gasteiger charge is -2.30. The van der Waals surface area contributed by atoms with Crippen molar-refractivity contribution >= 4 is 54.7 Å². The smallest absolute Gasteiger partial charge is 0.251 e. The Kier molecular flexibility index (Phi) is 12.4. The molecule has 4 N–H and O–H groups in total. The summed E-state index contributed by atoms with van der Waals surface area (Å²) in [5.74, 6) is -1.52. The van der Waals surface area contributed by atoms with Crippen molar-refractivity contribution in [3.05, 3.63) is 159 Å². The summed E-state index contributed by atoms with van der Waals surface area (Å²) in [7, 11) is -4.03. The normalized spacial score (nSPS) is 13.4. The number of rotatable bonds is 16. The lowest BCUT2D eigenvalue weighted by atomic mass is 9.83. The van der Waals surface area contributed by atoms with Crippen molar-refractivity contribution in [2.75, 3.05) is 13.2 Å². The first-order valence-corrected chi connectivity index (χ1v) is 21.6. The van der Waals surface area contributed by atoms with Gasteiger partial charge < -0.3 is 15.7 Å². The third kappa shape index (κ3) is 8.90. The maximum absolute atomic E-state index is 14.5. The average Bonchev–Trinajstić information content (AvgIpc) is 4.02. The average molecular weight is 819 g/mol. The Labute approximate surface area is 339 Å². The van der Waals surface area contributed by atoms with E-state index in [2.05, 4.69) is 25.8 Å². The largest absolute Gasteiger partial charge is 0.394 e. The number of hydrogen-bond acceptors (Lipinski definition) is 9. The lowest BCUT2D eigenvalue weighted by Crippen LogP contribution is -2.50. The Morgan fingerprint density at radius 1 is 0.895 bits per heavy atom. The quantitative estimate of drug-likeness (QED) is 0.0793. The number of nitrogens with zero attached hydrogens (tertiary/aromatic N) is 3. The van der Waals surface area contributed by atoms with E-state index in [-0.39, 0.29) is 23.9 Å². The maximum atomic E-state index is 14.5. The summed E-state index contributed by atoms with van der Waals surface area (Å²) in [6.07, 6.45) is 1.77. The van der Waals surface area contributed by atoms with Crippen LogP contribution in [-0.2, 0) is 21.4 Å². The van der Waals surface area contributed by atoms with Gasteiger partial charge in [-0.2, -0.15) is 9.40 Å². The molecule has 0 spiro atoms. The zero-order chi connectivity index (χ0) is 39.9. The van der Waals surface area contributed by atoms with Gasteiger partial charge in [-0.15, -0.1) is 22.7 Å². The number of thiazole rings is 1. The summed E-state index contributed by atoms with van der Waals surface area (Å²) < 4.78 is 30.5. The Morgan fingerprint density at radius 3 is 2.30 bits per heavy atom. The minimum Gasteiger partial charge on any atom is -0.394 e. The van der Waals surface area contributed by atoms with Gasteiger partial charge in [0.2, 0.25) is 15.9 Å². The fourth-order valence-corrected chi connectivity index (χ4v) is 10.6. The Morgan fingerprint density at radius 2 is 1.60 bits per heavy atom. The number of H-pyrrole nitrogens is 1. The minimum atomic E-state index is -4.03. The van der Waals surface area contributed by atoms with E-state index in [1.807, 2.05) is 86.6 Å².